The van der Waals surface area contributed by atoms with Crippen LogP contribution in [-0.4, -0.2) is 119 Å². The predicted molar refractivity (Wildman–Crippen MR) is 130 cm³/mol. The Morgan fingerprint density at radius 3 is 0.833 bits per heavy atom. The third-order valence-corrected chi connectivity index (χ3v) is 3.70. The average Bonchev–Trinajstić information content (AvgIpc) is 2.63. The molecule has 190 valence electrons. The molecule has 0 aromatic carbocycles. The van der Waals surface area contributed by atoms with Gasteiger partial charge >= 0.3 is 0 Å². The summed E-state index contributed by atoms with van der Waals surface area (Å²) in [5.41, 5.74) is 7.68. The summed E-state index contributed by atoms with van der Waals surface area (Å²) < 4.78 is 0. The van der Waals surface area contributed by atoms with Gasteiger partial charge in [-0.1, -0.05) is 12.5 Å². The van der Waals surface area contributed by atoms with E-state index in [4.69, 9.17) is 36.4 Å². The summed E-state index contributed by atoms with van der Waals surface area (Å²) in [6.45, 7) is 9.59. The molecule has 0 rings (SSSR count). The molecule has 0 saturated carbocycles. The molecular weight excluding hydrogens is 461 g/mol. The molecule has 0 heterocycles. The summed E-state index contributed by atoms with van der Waals surface area (Å²) in [6, 6.07) is 0. The fraction of sp³-hybridized carbons (Fsp3) is 0.889. The van der Waals surface area contributed by atoms with Crippen LogP contribution in [0.25, 0.3) is 0 Å². The monoisotopic (exact) mass is 505 g/mol. The highest BCUT2D eigenvalue weighted by molar-refractivity contribution is 5.86. The average molecular weight is 507 g/mol. The second-order valence-electron chi connectivity index (χ2n) is 5.84. The molecule has 0 spiro atoms. The molecule has 8 N–H and O–H groups in total. The largest absolute Gasteiger partial charge is 0.402 e. The fourth-order valence-corrected chi connectivity index (χ4v) is 1.80. The van der Waals surface area contributed by atoms with Crippen LogP contribution in [0.2, 0.25) is 0 Å². The Labute approximate surface area is 200 Å². The highest BCUT2D eigenvalue weighted by Crippen LogP contribution is 1.99. The number of hydrogen-bond acceptors (Lipinski definition) is 9. The number of allylic oxidation sites excluding steroid dienone is 2. The molecule has 0 aromatic heterocycles. The first kappa shape index (κ1) is 43.9. The maximum Gasteiger partial charge on any atom is 0.0558 e. The number of aliphatic hydroxyl groups excluding tert-OH is 6. The molecule has 0 aromatic rings. The van der Waals surface area contributed by atoms with Crippen molar-refractivity contribution in [2.45, 2.75) is 27.2 Å². The lowest BCUT2D eigenvalue weighted by atomic mass is 10.2. The van der Waals surface area contributed by atoms with E-state index in [-0.39, 0.29) is 76.9 Å². The highest BCUT2D eigenvalue weighted by atomic mass is 35.5. The van der Waals surface area contributed by atoms with Gasteiger partial charge < -0.3 is 36.4 Å². The Morgan fingerprint density at radius 1 is 0.567 bits per heavy atom. The molecule has 0 aliphatic carbocycles. The summed E-state index contributed by atoms with van der Waals surface area (Å²) in [7, 11) is 0. The van der Waals surface area contributed by atoms with E-state index in [9.17, 15) is 0 Å². The van der Waals surface area contributed by atoms with E-state index >= 15 is 0 Å². The molecule has 0 fully saturated rings. The molecule has 9 nitrogen and oxygen atoms in total. The van der Waals surface area contributed by atoms with Crippen molar-refractivity contribution >= 4 is 37.2 Å². The van der Waals surface area contributed by atoms with E-state index in [0.29, 0.717) is 39.3 Å². The van der Waals surface area contributed by atoms with Gasteiger partial charge in [-0.15, -0.1) is 37.2 Å². The zero-order valence-electron chi connectivity index (χ0n) is 18.6. The van der Waals surface area contributed by atoms with Gasteiger partial charge in [-0.2, -0.15) is 0 Å². The molecule has 0 amide bonds. The summed E-state index contributed by atoms with van der Waals surface area (Å²) in [4.78, 5) is 3.58. The first-order chi connectivity index (χ1) is 12.9. The Balaban J connectivity index is -0.0000000697. The van der Waals surface area contributed by atoms with E-state index in [1.165, 1.54) is 5.57 Å². The van der Waals surface area contributed by atoms with E-state index in [1.807, 2.05) is 6.92 Å². The lowest BCUT2D eigenvalue weighted by molar-refractivity contribution is 0.136. The number of aliphatic hydroxyl groups is 6. The Hall–Kier alpha value is 0.0900. The van der Waals surface area contributed by atoms with E-state index in [2.05, 4.69) is 13.8 Å². The van der Waals surface area contributed by atoms with Crippen molar-refractivity contribution in [3.8, 4) is 0 Å². The zero-order chi connectivity index (χ0) is 21.5. The van der Waals surface area contributed by atoms with Crippen LogP contribution in [0.3, 0.4) is 0 Å². The van der Waals surface area contributed by atoms with Crippen molar-refractivity contribution in [3.05, 3.63) is 11.3 Å². The molecule has 0 saturated heterocycles. The minimum Gasteiger partial charge on any atom is -0.402 e. The molecule has 0 aliphatic rings. The highest BCUT2D eigenvalue weighted by Gasteiger charge is 2.01. The molecule has 0 bridgehead atoms. The van der Waals surface area contributed by atoms with E-state index in [1.54, 1.807) is 9.80 Å². The minimum atomic E-state index is 0. The van der Waals surface area contributed by atoms with E-state index < -0.39 is 0 Å². The third-order valence-electron chi connectivity index (χ3n) is 3.70. The second kappa shape index (κ2) is 36.5. The Bertz CT molecular complexity index is 283. The summed E-state index contributed by atoms with van der Waals surface area (Å²) in [6.07, 6.45) is 1.07. The first-order valence-electron chi connectivity index (χ1n) is 9.39. The fourth-order valence-electron chi connectivity index (χ4n) is 1.80. The van der Waals surface area contributed by atoms with Crippen molar-refractivity contribution in [2.24, 2.45) is 5.73 Å². The lowest BCUT2D eigenvalue weighted by Crippen LogP contribution is -2.32. The molecule has 0 atom stereocenters. The van der Waals surface area contributed by atoms with Gasteiger partial charge in [0.15, 0.2) is 0 Å². The second-order valence-corrected chi connectivity index (χ2v) is 5.84. The van der Waals surface area contributed by atoms with Crippen LogP contribution in [0, 0.1) is 0 Å². The number of rotatable bonds is 13. The van der Waals surface area contributed by atoms with Crippen LogP contribution in [0.15, 0.2) is 11.3 Å². The van der Waals surface area contributed by atoms with Crippen molar-refractivity contribution < 1.29 is 30.6 Å². The minimum absolute atomic E-state index is 0. The van der Waals surface area contributed by atoms with Gasteiger partial charge in [-0.05, 0) is 20.3 Å². The summed E-state index contributed by atoms with van der Waals surface area (Å²) >= 11 is 0. The predicted octanol–water partition coefficient (Wildman–Crippen LogP) is -0.555. The number of nitrogens with two attached hydrogens (primary N) is 1. The van der Waals surface area contributed by atoms with Gasteiger partial charge in [0, 0.05) is 45.0 Å². The normalized spacial score (nSPS) is 10.4. The molecular formula is C18H46Cl3N3O6. The van der Waals surface area contributed by atoms with Crippen LogP contribution in [0.5, 0.6) is 0 Å². The van der Waals surface area contributed by atoms with E-state index in [0.717, 1.165) is 12.1 Å². The molecule has 0 aliphatic heterocycles. The topological polar surface area (TPSA) is 154 Å². The Morgan fingerprint density at radius 2 is 0.767 bits per heavy atom. The summed E-state index contributed by atoms with van der Waals surface area (Å²) in [5.74, 6) is 0. The number of halogens is 3. The van der Waals surface area contributed by atoms with Crippen LogP contribution >= 0.6 is 37.2 Å². The lowest BCUT2D eigenvalue weighted by Gasteiger charge is -2.17. The quantitative estimate of drug-likeness (QED) is 0.174. The van der Waals surface area contributed by atoms with Crippen LogP contribution in [0.4, 0.5) is 0 Å². The molecule has 30 heavy (non-hydrogen) atoms. The van der Waals surface area contributed by atoms with Crippen molar-refractivity contribution in [1.82, 2.24) is 9.80 Å². The standard InChI is InChI=1S/2C6H15NO3.C6H13N.3ClH/c2*8-4-1-7(2-5-9)3-6-10;1-4-5(2)6(3)7;;;/h2*8-10H,1-6H2;4,7H2,1-3H3;3*1H. The maximum atomic E-state index is 8.48. The SMILES string of the molecule is CCC(C)=C(C)N.Cl.Cl.Cl.OCCN(CCO)CCO.OCCN(CCO)CCO. The van der Waals surface area contributed by atoms with Gasteiger partial charge in [0.05, 0.1) is 39.6 Å². The first-order valence-corrected chi connectivity index (χ1v) is 9.39. The molecule has 0 unspecified atom stereocenters. The Kier molecular flexibility index (Phi) is 53.3. The van der Waals surface area contributed by atoms with Crippen molar-refractivity contribution in [2.75, 3.05) is 78.9 Å². The van der Waals surface area contributed by atoms with Gasteiger partial charge in [-0.25, -0.2) is 0 Å². The summed E-state index contributed by atoms with van der Waals surface area (Å²) in [5, 5.41) is 50.9. The smallest absolute Gasteiger partial charge is 0.0558 e. The maximum absolute atomic E-state index is 8.48. The molecule has 0 radical (unpaired) electrons. The number of hydrogen-bond donors (Lipinski definition) is 7. The number of nitrogens with zero attached hydrogens (tertiary/aromatic N) is 2. The van der Waals surface area contributed by atoms with Gasteiger partial charge in [0.2, 0.25) is 0 Å². The van der Waals surface area contributed by atoms with Gasteiger partial charge in [-0.3, -0.25) is 9.80 Å². The van der Waals surface area contributed by atoms with Crippen molar-refractivity contribution in [3.63, 3.8) is 0 Å². The zero-order valence-corrected chi connectivity index (χ0v) is 21.0. The van der Waals surface area contributed by atoms with Crippen molar-refractivity contribution in [1.29, 1.82) is 0 Å². The van der Waals surface area contributed by atoms with Crippen LogP contribution < -0.4 is 5.73 Å². The van der Waals surface area contributed by atoms with Gasteiger partial charge in [0.25, 0.3) is 0 Å². The third kappa shape index (κ3) is 35.5. The van der Waals surface area contributed by atoms with Gasteiger partial charge in [0.1, 0.15) is 0 Å². The molecule has 12 heteroatoms. The van der Waals surface area contributed by atoms with Crippen LogP contribution in [0.1, 0.15) is 27.2 Å². The van der Waals surface area contributed by atoms with Crippen LogP contribution in [-0.2, 0) is 0 Å².